The highest BCUT2D eigenvalue weighted by Gasteiger charge is 2.24. The Labute approximate surface area is 132 Å². The van der Waals surface area contributed by atoms with Crippen molar-refractivity contribution >= 4 is 24.8 Å². The Hall–Kier alpha value is -0.550. The summed E-state index contributed by atoms with van der Waals surface area (Å²) in [7, 11) is 0. The van der Waals surface area contributed by atoms with Gasteiger partial charge in [-0.25, -0.2) is 4.39 Å². The quantitative estimate of drug-likeness (QED) is 0.897. The molecule has 1 aliphatic heterocycles. The summed E-state index contributed by atoms with van der Waals surface area (Å²) < 4.78 is 13.6. The lowest BCUT2D eigenvalue weighted by Gasteiger charge is -2.35. The van der Waals surface area contributed by atoms with Crippen LogP contribution in [0.1, 0.15) is 30.5 Å². The molecular formula is C14H23Cl2FN2O. The van der Waals surface area contributed by atoms with Crippen molar-refractivity contribution in [2.24, 2.45) is 0 Å². The fraction of sp³-hybridized carbons (Fsp3) is 0.571. The topological polar surface area (TPSA) is 35.5 Å². The highest BCUT2D eigenvalue weighted by atomic mass is 35.5. The highest BCUT2D eigenvalue weighted by molar-refractivity contribution is 5.85. The number of rotatable bonds is 3. The van der Waals surface area contributed by atoms with Crippen LogP contribution in [0.4, 0.5) is 4.39 Å². The van der Waals surface area contributed by atoms with Gasteiger partial charge in [0.25, 0.3) is 0 Å². The molecule has 1 saturated heterocycles. The Morgan fingerprint density at radius 2 is 1.90 bits per heavy atom. The van der Waals surface area contributed by atoms with Crippen LogP contribution in [0, 0.1) is 12.7 Å². The van der Waals surface area contributed by atoms with Gasteiger partial charge >= 0.3 is 0 Å². The van der Waals surface area contributed by atoms with E-state index in [1.807, 2.05) is 13.0 Å². The van der Waals surface area contributed by atoms with E-state index < -0.39 is 5.82 Å². The Bertz CT molecular complexity index is 426. The summed E-state index contributed by atoms with van der Waals surface area (Å²) >= 11 is 0. The molecule has 6 heteroatoms. The Balaban J connectivity index is 0.00000180. The van der Waals surface area contributed by atoms with Crippen LogP contribution in [0.15, 0.2) is 12.1 Å². The molecule has 0 amide bonds. The standard InChI is InChI=1S/C14H21FN2O.2ClH/c1-3-13(17-6-4-16-5-7-17)11-8-10(2)9-12(15)14(11)18;;/h8-9,13,16,18H,3-7H2,1-2H3;2*1H/t13-;;/m1../s1. The number of aryl methyl sites for hydroxylation is 1. The van der Waals surface area contributed by atoms with Gasteiger partial charge in [0.2, 0.25) is 0 Å². The first kappa shape index (κ1) is 19.4. The number of hydrogen-bond acceptors (Lipinski definition) is 3. The van der Waals surface area contributed by atoms with E-state index in [2.05, 4.69) is 17.1 Å². The second-order valence-electron chi connectivity index (χ2n) is 4.89. The van der Waals surface area contributed by atoms with Gasteiger partial charge < -0.3 is 10.4 Å². The van der Waals surface area contributed by atoms with Crippen LogP contribution in [-0.4, -0.2) is 36.2 Å². The normalized spacial score (nSPS) is 16.9. The van der Waals surface area contributed by atoms with Gasteiger partial charge in [0, 0.05) is 37.8 Å². The minimum atomic E-state index is -0.515. The highest BCUT2D eigenvalue weighted by Crippen LogP contribution is 2.34. The van der Waals surface area contributed by atoms with Gasteiger partial charge in [-0.15, -0.1) is 24.8 Å². The summed E-state index contributed by atoms with van der Waals surface area (Å²) in [6, 6.07) is 3.37. The smallest absolute Gasteiger partial charge is 0.165 e. The van der Waals surface area contributed by atoms with Crippen molar-refractivity contribution < 1.29 is 9.50 Å². The molecule has 3 nitrogen and oxygen atoms in total. The van der Waals surface area contributed by atoms with Crippen LogP contribution in [0.25, 0.3) is 0 Å². The molecule has 0 radical (unpaired) electrons. The van der Waals surface area contributed by atoms with Gasteiger partial charge in [-0.1, -0.05) is 13.0 Å². The molecule has 20 heavy (non-hydrogen) atoms. The third kappa shape index (κ3) is 4.22. The predicted octanol–water partition coefficient (Wildman–Crippen LogP) is 3.04. The third-order valence-electron chi connectivity index (χ3n) is 3.58. The predicted molar refractivity (Wildman–Crippen MR) is 84.8 cm³/mol. The van der Waals surface area contributed by atoms with Crippen LogP contribution in [-0.2, 0) is 0 Å². The number of phenolic OH excluding ortho intramolecular Hbond substituents is 1. The van der Waals surface area contributed by atoms with E-state index in [1.165, 1.54) is 6.07 Å². The molecule has 1 atom stereocenters. The van der Waals surface area contributed by atoms with Crippen molar-refractivity contribution in [3.63, 3.8) is 0 Å². The lowest BCUT2D eigenvalue weighted by molar-refractivity contribution is 0.166. The van der Waals surface area contributed by atoms with Gasteiger partial charge in [-0.2, -0.15) is 0 Å². The minimum absolute atomic E-state index is 0. The second kappa shape index (κ2) is 8.67. The number of phenols is 1. The zero-order valence-electron chi connectivity index (χ0n) is 11.9. The van der Waals surface area contributed by atoms with Crippen LogP contribution < -0.4 is 5.32 Å². The van der Waals surface area contributed by atoms with E-state index in [0.717, 1.165) is 43.7 Å². The molecule has 1 heterocycles. The lowest BCUT2D eigenvalue weighted by atomic mass is 9.98. The molecule has 0 saturated carbocycles. The van der Waals surface area contributed by atoms with Gasteiger partial charge in [0.15, 0.2) is 11.6 Å². The number of hydrogen-bond donors (Lipinski definition) is 2. The fourth-order valence-electron chi connectivity index (χ4n) is 2.68. The summed E-state index contributed by atoms with van der Waals surface area (Å²) in [6.07, 6.45) is 0.871. The number of halogens is 3. The molecule has 0 aromatic heterocycles. The number of nitrogens with zero attached hydrogens (tertiary/aromatic N) is 1. The van der Waals surface area contributed by atoms with E-state index in [9.17, 15) is 9.50 Å². The summed E-state index contributed by atoms with van der Waals surface area (Å²) in [5, 5.41) is 13.2. The second-order valence-corrected chi connectivity index (χ2v) is 4.89. The molecule has 1 aliphatic rings. The molecule has 116 valence electrons. The van der Waals surface area contributed by atoms with Crippen LogP contribution in [0.5, 0.6) is 5.75 Å². The van der Waals surface area contributed by atoms with Crippen LogP contribution in [0.3, 0.4) is 0 Å². The van der Waals surface area contributed by atoms with Crippen molar-refractivity contribution in [1.29, 1.82) is 0 Å². The Morgan fingerprint density at radius 3 is 2.45 bits per heavy atom. The van der Waals surface area contributed by atoms with Crippen molar-refractivity contribution in [2.45, 2.75) is 26.3 Å². The molecule has 2 rings (SSSR count). The first-order chi connectivity index (χ1) is 8.63. The maximum atomic E-state index is 13.6. The van der Waals surface area contributed by atoms with Gasteiger partial charge in [-0.3, -0.25) is 4.90 Å². The Kier molecular flexibility index (Phi) is 8.44. The molecule has 0 spiro atoms. The SMILES string of the molecule is CC[C@H](c1cc(C)cc(F)c1O)N1CCNCC1.Cl.Cl. The van der Waals surface area contributed by atoms with Crippen molar-refractivity contribution in [2.75, 3.05) is 26.2 Å². The van der Waals surface area contributed by atoms with Crippen LogP contribution in [0.2, 0.25) is 0 Å². The zero-order valence-corrected chi connectivity index (χ0v) is 13.5. The van der Waals surface area contributed by atoms with Gasteiger partial charge in [0.1, 0.15) is 0 Å². The summed E-state index contributed by atoms with van der Waals surface area (Å²) in [5.74, 6) is -0.704. The minimum Gasteiger partial charge on any atom is -0.505 e. The molecule has 0 bridgehead atoms. The van der Waals surface area contributed by atoms with E-state index in [0.29, 0.717) is 0 Å². The first-order valence-electron chi connectivity index (χ1n) is 6.57. The summed E-state index contributed by atoms with van der Waals surface area (Å²) in [5.41, 5.74) is 1.57. The maximum absolute atomic E-state index is 13.6. The molecule has 1 aromatic rings. The maximum Gasteiger partial charge on any atom is 0.165 e. The number of aromatic hydroxyl groups is 1. The molecule has 2 N–H and O–H groups in total. The average Bonchev–Trinajstić information content (AvgIpc) is 2.37. The van der Waals surface area contributed by atoms with Crippen molar-refractivity contribution in [1.82, 2.24) is 10.2 Å². The van der Waals surface area contributed by atoms with Crippen LogP contribution >= 0.6 is 24.8 Å². The van der Waals surface area contributed by atoms with E-state index in [-0.39, 0.29) is 36.6 Å². The van der Waals surface area contributed by atoms with Crippen molar-refractivity contribution in [3.8, 4) is 5.75 Å². The first-order valence-corrected chi connectivity index (χ1v) is 6.57. The lowest BCUT2D eigenvalue weighted by Crippen LogP contribution is -2.45. The number of nitrogens with one attached hydrogen (secondary N) is 1. The van der Waals surface area contributed by atoms with E-state index in [1.54, 1.807) is 0 Å². The zero-order chi connectivity index (χ0) is 13.1. The van der Waals surface area contributed by atoms with Gasteiger partial charge in [0.05, 0.1) is 0 Å². The molecule has 0 unspecified atom stereocenters. The molecule has 1 aromatic carbocycles. The summed E-state index contributed by atoms with van der Waals surface area (Å²) in [4.78, 5) is 2.31. The van der Waals surface area contributed by atoms with Crippen molar-refractivity contribution in [3.05, 3.63) is 29.1 Å². The molecule has 1 fully saturated rings. The largest absolute Gasteiger partial charge is 0.505 e. The fourth-order valence-corrected chi connectivity index (χ4v) is 2.68. The Morgan fingerprint density at radius 1 is 1.30 bits per heavy atom. The average molecular weight is 325 g/mol. The molecule has 0 aliphatic carbocycles. The third-order valence-corrected chi connectivity index (χ3v) is 3.58. The number of benzene rings is 1. The van der Waals surface area contributed by atoms with E-state index in [4.69, 9.17) is 0 Å². The van der Waals surface area contributed by atoms with Gasteiger partial charge in [-0.05, 0) is 25.0 Å². The number of piperazine rings is 1. The summed E-state index contributed by atoms with van der Waals surface area (Å²) in [6.45, 7) is 7.71. The van der Waals surface area contributed by atoms with E-state index >= 15 is 0 Å². The molecular weight excluding hydrogens is 302 g/mol. The monoisotopic (exact) mass is 324 g/mol.